The van der Waals surface area contributed by atoms with E-state index in [-0.39, 0.29) is 4.87 Å². The number of thiazole rings is 1. The molecule has 1 aromatic rings. The summed E-state index contributed by atoms with van der Waals surface area (Å²) >= 11 is 1.35. The molecule has 4 heteroatoms. The van der Waals surface area contributed by atoms with Gasteiger partial charge in [0, 0.05) is 29.1 Å². The third-order valence-corrected chi connectivity index (χ3v) is 3.31. The summed E-state index contributed by atoms with van der Waals surface area (Å²) in [5.41, 5.74) is 1.19. The molecule has 14 heavy (non-hydrogen) atoms. The van der Waals surface area contributed by atoms with Crippen molar-refractivity contribution in [2.75, 3.05) is 0 Å². The number of H-pyrrole nitrogens is 1. The predicted molar refractivity (Wildman–Crippen MR) is 58.9 cm³/mol. The van der Waals surface area contributed by atoms with Gasteiger partial charge in [0.1, 0.15) is 0 Å². The molecule has 0 atom stereocenters. The number of nitrogens with one attached hydrogen (secondary N) is 2. The number of hydrogen-bond acceptors (Lipinski definition) is 3. The number of rotatable bonds is 4. The third-order valence-electron chi connectivity index (χ3n) is 2.41. The summed E-state index contributed by atoms with van der Waals surface area (Å²) in [4.78, 5) is 15.5. The first-order valence-corrected chi connectivity index (χ1v) is 5.93. The molecule has 1 aromatic heterocycles. The third kappa shape index (κ3) is 2.25. The zero-order valence-electron chi connectivity index (χ0n) is 8.59. The second kappa shape index (κ2) is 3.87. The zero-order valence-corrected chi connectivity index (χ0v) is 9.41. The van der Waals surface area contributed by atoms with Gasteiger partial charge in [-0.3, -0.25) is 4.79 Å². The van der Waals surface area contributed by atoms with E-state index in [2.05, 4.69) is 24.1 Å². The Labute approximate surface area is 87.6 Å². The SMILES string of the molecule is CC(C)NCc1sc(=O)[nH]c1C1CC1. The molecule has 0 radical (unpaired) electrons. The van der Waals surface area contributed by atoms with Crippen LogP contribution in [-0.4, -0.2) is 11.0 Å². The lowest BCUT2D eigenvalue weighted by molar-refractivity contribution is 0.590. The van der Waals surface area contributed by atoms with E-state index in [0.29, 0.717) is 12.0 Å². The van der Waals surface area contributed by atoms with E-state index < -0.39 is 0 Å². The molecule has 0 spiro atoms. The fourth-order valence-electron chi connectivity index (χ4n) is 1.50. The van der Waals surface area contributed by atoms with E-state index in [1.165, 1.54) is 34.7 Å². The summed E-state index contributed by atoms with van der Waals surface area (Å²) < 4.78 is 0. The average molecular weight is 212 g/mol. The van der Waals surface area contributed by atoms with Crippen LogP contribution in [0.4, 0.5) is 0 Å². The summed E-state index contributed by atoms with van der Waals surface area (Å²) in [6, 6.07) is 0.472. The van der Waals surface area contributed by atoms with Gasteiger partial charge in [0.2, 0.25) is 0 Å². The van der Waals surface area contributed by atoms with Gasteiger partial charge in [0.05, 0.1) is 0 Å². The normalized spacial score (nSPS) is 16.5. The Kier molecular flexibility index (Phi) is 2.74. The molecule has 0 unspecified atom stereocenters. The van der Waals surface area contributed by atoms with Crippen LogP contribution >= 0.6 is 11.3 Å². The molecule has 1 saturated carbocycles. The van der Waals surface area contributed by atoms with Crippen molar-refractivity contribution >= 4 is 11.3 Å². The first-order chi connectivity index (χ1) is 6.66. The van der Waals surface area contributed by atoms with Crippen LogP contribution in [0.15, 0.2) is 4.79 Å². The number of aromatic amines is 1. The minimum Gasteiger partial charge on any atom is -0.316 e. The first kappa shape index (κ1) is 9.93. The summed E-state index contributed by atoms with van der Waals surface area (Å²) in [6.07, 6.45) is 2.47. The van der Waals surface area contributed by atoms with Crippen molar-refractivity contribution in [1.29, 1.82) is 0 Å². The van der Waals surface area contributed by atoms with E-state index in [9.17, 15) is 4.79 Å². The molecule has 0 aliphatic heterocycles. The molecule has 1 heterocycles. The second-order valence-corrected chi connectivity index (χ2v) is 5.23. The van der Waals surface area contributed by atoms with E-state index >= 15 is 0 Å². The van der Waals surface area contributed by atoms with E-state index in [4.69, 9.17) is 0 Å². The smallest absolute Gasteiger partial charge is 0.304 e. The van der Waals surface area contributed by atoms with E-state index in [1.807, 2.05) is 0 Å². The lowest BCUT2D eigenvalue weighted by atomic mass is 10.2. The first-order valence-electron chi connectivity index (χ1n) is 5.12. The Hall–Kier alpha value is -0.610. The molecule has 2 rings (SSSR count). The largest absolute Gasteiger partial charge is 0.316 e. The van der Waals surface area contributed by atoms with Crippen molar-refractivity contribution in [3.8, 4) is 0 Å². The molecule has 0 amide bonds. The maximum Gasteiger partial charge on any atom is 0.304 e. The Bertz CT molecular complexity index is 362. The predicted octanol–water partition coefficient (Wildman–Crippen LogP) is 1.81. The molecule has 1 aliphatic carbocycles. The van der Waals surface area contributed by atoms with Gasteiger partial charge in [-0.25, -0.2) is 0 Å². The van der Waals surface area contributed by atoms with Crippen LogP contribution in [0.2, 0.25) is 0 Å². The minimum absolute atomic E-state index is 0.0902. The van der Waals surface area contributed by atoms with Gasteiger partial charge in [-0.05, 0) is 12.8 Å². The zero-order chi connectivity index (χ0) is 10.1. The summed E-state index contributed by atoms with van der Waals surface area (Å²) in [6.45, 7) is 5.06. The Morgan fingerprint density at radius 3 is 2.86 bits per heavy atom. The second-order valence-electron chi connectivity index (χ2n) is 4.16. The molecule has 0 saturated heterocycles. The van der Waals surface area contributed by atoms with E-state index in [1.54, 1.807) is 0 Å². The van der Waals surface area contributed by atoms with Crippen LogP contribution in [0.25, 0.3) is 0 Å². The summed E-state index contributed by atoms with van der Waals surface area (Å²) in [7, 11) is 0. The van der Waals surface area contributed by atoms with Crippen LogP contribution in [0.5, 0.6) is 0 Å². The molecular weight excluding hydrogens is 196 g/mol. The Balaban J connectivity index is 2.10. The number of aromatic nitrogens is 1. The van der Waals surface area contributed by atoms with Gasteiger partial charge >= 0.3 is 4.87 Å². The van der Waals surface area contributed by atoms with Crippen LogP contribution in [0.1, 0.15) is 43.2 Å². The van der Waals surface area contributed by atoms with Crippen molar-refractivity contribution in [2.45, 2.75) is 45.2 Å². The average Bonchev–Trinajstić information content (AvgIpc) is 2.87. The van der Waals surface area contributed by atoms with Crippen LogP contribution < -0.4 is 10.2 Å². The Morgan fingerprint density at radius 1 is 1.57 bits per heavy atom. The molecule has 0 bridgehead atoms. The van der Waals surface area contributed by atoms with Crippen molar-refractivity contribution in [2.24, 2.45) is 0 Å². The van der Waals surface area contributed by atoms with Gasteiger partial charge in [-0.15, -0.1) is 0 Å². The van der Waals surface area contributed by atoms with Crippen LogP contribution in [-0.2, 0) is 6.54 Å². The van der Waals surface area contributed by atoms with Crippen molar-refractivity contribution in [1.82, 2.24) is 10.3 Å². The molecule has 78 valence electrons. The van der Waals surface area contributed by atoms with Crippen LogP contribution in [0, 0.1) is 0 Å². The fraction of sp³-hybridized carbons (Fsp3) is 0.700. The standard InChI is InChI=1S/C10H16N2OS/c1-6(2)11-5-8-9(7-3-4-7)12-10(13)14-8/h6-7,11H,3-5H2,1-2H3,(H,12,13). The highest BCUT2D eigenvalue weighted by Crippen LogP contribution is 2.40. The molecule has 3 nitrogen and oxygen atoms in total. The van der Waals surface area contributed by atoms with Gasteiger partial charge in [-0.1, -0.05) is 25.2 Å². The highest BCUT2D eigenvalue weighted by atomic mass is 32.1. The maximum absolute atomic E-state index is 11.2. The van der Waals surface area contributed by atoms with Gasteiger partial charge in [0.15, 0.2) is 0 Å². The molecule has 2 N–H and O–H groups in total. The van der Waals surface area contributed by atoms with Crippen molar-refractivity contribution in [3.63, 3.8) is 0 Å². The van der Waals surface area contributed by atoms with Crippen LogP contribution in [0.3, 0.4) is 0 Å². The maximum atomic E-state index is 11.2. The van der Waals surface area contributed by atoms with Gasteiger partial charge in [-0.2, -0.15) is 0 Å². The monoisotopic (exact) mass is 212 g/mol. The quantitative estimate of drug-likeness (QED) is 0.799. The topological polar surface area (TPSA) is 44.9 Å². The lowest BCUT2D eigenvalue weighted by Gasteiger charge is -2.07. The molecule has 1 aliphatic rings. The number of hydrogen-bond donors (Lipinski definition) is 2. The summed E-state index contributed by atoms with van der Waals surface area (Å²) in [5.74, 6) is 0.637. The molecule has 0 aromatic carbocycles. The minimum atomic E-state index is 0.0902. The van der Waals surface area contributed by atoms with Gasteiger partial charge < -0.3 is 10.3 Å². The van der Waals surface area contributed by atoms with Gasteiger partial charge in [0.25, 0.3) is 0 Å². The fourth-order valence-corrected chi connectivity index (χ4v) is 2.37. The van der Waals surface area contributed by atoms with Crippen molar-refractivity contribution < 1.29 is 0 Å². The highest BCUT2D eigenvalue weighted by Gasteiger charge is 2.28. The molecule has 1 fully saturated rings. The van der Waals surface area contributed by atoms with E-state index in [0.717, 1.165) is 6.54 Å². The highest BCUT2D eigenvalue weighted by molar-refractivity contribution is 7.09. The van der Waals surface area contributed by atoms with Crippen molar-refractivity contribution in [3.05, 3.63) is 20.2 Å². The Morgan fingerprint density at radius 2 is 2.29 bits per heavy atom. The summed E-state index contributed by atoms with van der Waals surface area (Å²) in [5, 5.41) is 3.35. The molecular formula is C10H16N2OS. The lowest BCUT2D eigenvalue weighted by Crippen LogP contribution is -2.21.